The molecule has 2 aromatic rings. The van der Waals surface area contributed by atoms with Crippen LogP contribution in [0.2, 0.25) is 5.02 Å². The Balaban J connectivity index is 1.89. The van der Waals surface area contributed by atoms with Crippen molar-refractivity contribution in [2.75, 3.05) is 11.1 Å². The molecule has 0 aliphatic rings. The molecular weight excluding hydrogens is 306 g/mol. The summed E-state index contributed by atoms with van der Waals surface area (Å²) in [4.78, 5) is 12.8. The van der Waals surface area contributed by atoms with Crippen molar-refractivity contribution < 1.29 is 9.90 Å². The summed E-state index contributed by atoms with van der Waals surface area (Å²) in [5.41, 5.74) is 1.57. The van der Waals surface area contributed by atoms with E-state index < -0.39 is 6.10 Å². The predicted molar refractivity (Wildman–Crippen MR) is 87.9 cm³/mol. The Morgan fingerprint density at radius 2 is 2.00 bits per heavy atom. The highest BCUT2D eigenvalue weighted by Gasteiger charge is 2.06. The van der Waals surface area contributed by atoms with E-state index in [4.69, 9.17) is 11.6 Å². The average molecular weight is 322 g/mol. The van der Waals surface area contributed by atoms with Crippen LogP contribution in [0.15, 0.2) is 53.4 Å². The van der Waals surface area contributed by atoms with Crippen molar-refractivity contribution in [2.24, 2.45) is 0 Å². The fraction of sp³-hybridized carbons (Fsp3) is 0.188. The summed E-state index contributed by atoms with van der Waals surface area (Å²) in [5.74, 6) is 0.232. The van der Waals surface area contributed by atoms with E-state index in [9.17, 15) is 9.90 Å². The van der Waals surface area contributed by atoms with Crippen molar-refractivity contribution in [3.63, 3.8) is 0 Å². The van der Waals surface area contributed by atoms with E-state index in [-0.39, 0.29) is 5.91 Å². The lowest BCUT2D eigenvalue weighted by atomic mass is 10.1. The molecule has 0 radical (unpaired) electrons. The summed E-state index contributed by atoms with van der Waals surface area (Å²) >= 11 is 7.23. The second kappa shape index (κ2) is 7.50. The van der Waals surface area contributed by atoms with E-state index >= 15 is 0 Å². The molecule has 21 heavy (non-hydrogen) atoms. The highest BCUT2D eigenvalue weighted by atomic mass is 35.5. The van der Waals surface area contributed by atoms with E-state index in [2.05, 4.69) is 5.32 Å². The van der Waals surface area contributed by atoms with Gasteiger partial charge in [0, 0.05) is 15.6 Å². The van der Waals surface area contributed by atoms with E-state index in [0.29, 0.717) is 10.8 Å². The summed E-state index contributed by atoms with van der Waals surface area (Å²) in [6.45, 7) is 1.72. The Hall–Kier alpha value is -1.49. The molecule has 0 fully saturated rings. The second-order valence-electron chi connectivity index (χ2n) is 4.59. The summed E-state index contributed by atoms with van der Waals surface area (Å²) in [5, 5.41) is 13.0. The first-order valence-electron chi connectivity index (χ1n) is 6.51. The van der Waals surface area contributed by atoms with E-state index in [0.717, 1.165) is 16.1 Å². The van der Waals surface area contributed by atoms with Gasteiger partial charge in [0.05, 0.1) is 11.9 Å². The first-order valence-corrected chi connectivity index (χ1v) is 7.87. The molecule has 0 bridgehead atoms. The van der Waals surface area contributed by atoms with Crippen LogP contribution in [0.4, 0.5) is 5.69 Å². The first kappa shape index (κ1) is 15.9. The van der Waals surface area contributed by atoms with Crippen molar-refractivity contribution >= 4 is 35.0 Å². The van der Waals surface area contributed by atoms with Gasteiger partial charge >= 0.3 is 0 Å². The van der Waals surface area contributed by atoms with E-state index in [1.165, 1.54) is 11.8 Å². The van der Waals surface area contributed by atoms with Gasteiger partial charge in [0.15, 0.2) is 0 Å². The number of carbonyl (C=O) groups excluding carboxylic acids is 1. The number of hydrogen-bond donors (Lipinski definition) is 2. The van der Waals surface area contributed by atoms with Gasteiger partial charge < -0.3 is 10.4 Å². The SMILES string of the molecule is CC(O)c1cccc(SCC(=O)Nc2ccc(Cl)cc2)c1. The maximum Gasteiger partial charge on any atom is 0.234 e. The molecule has 0 heterocycles. The lowest BCUT2D eigenvalue weighted by molar-refractivity contribution is -0.113. The molecule has 0 aromatic heterocycles. The minimum absolute atomic E-state index is 0.0789. The van der Waals surface area contributed by atoms with E-state index in [1.807, 2.05) is 24.3 Å². The molecule has 0 spiro atoms. The fourth-order valence-corrected chi connectivity index (χ4v) is 2.63. The lowest BCUT2D eigenvalue weighted by Crippen LogP contribution is -2.13. The summed E-state index contributed by atoms with van der Waals surface area (Å²) in [6, 6.07) is 14.5. The fourth-order valence-electron chi connectivity index (χ4n) is 1.74. The Morgan fingerprint density at radius 1 is 1.29 bits per heavy atom. The second-order valence-corrected chi connectivity index (χ2v) is 6.08. The van der Waals surface area contributed by atoms with Gasteiger partial charge in [-0.05, 0) is 48.9 Å². The zero-order valence-corrected chi connectivity index (χ0v) is 13.1. The molecule has 1 atom stereocenters. The van der Waals surface area contributed by atoms with Gasteiger partial charge in [-0.15, -0.1) is 11.8 Å². The molecule has 1 amide bonds. The normalized spacial score (nSPS) is 12.0. The Morgan fingerprint density at radius 3 is 2.67 bits per heavy atom. The third-order valence-electron chi connectivity index (χ3n) is 2.84. The van der Waals surface area contributed by atoms with Crippen LogP contribution in [-0.2, 0) is 4.79 Å². The Kier molecular flexibility index (Phi) is 5.67. The van der Waals surface area contributed by atoms with Crippen molar-refractivity contribution in [2.45, 2.75) is 17.9 Å². The van der Waals surface area contributed by atoms with Crippen molar-refractivity contribution in [3.05, 3.63) is 59.1 Å². The van der Waals surface area contributed by atoms with Crippen LogP contribution < -0.4 is 5.32 Å². The van der Waals surface area contributed by atoms with Gasteiger partial charge in [-0.1, -0.05) is 23.7 Å². The molecular formula is C16H16ClNO2S. The van der Waals surface area contributed by atoms with Crippen LogP contribution in [0, 0.1) is 0 Å². The van der Waals surface area contributed by atoms with E-state index in [1.54, 1.807) is 31.2 Å². The number of nitrogens with one attached hydrogen (secondary N) is 1. The molecule has 2 aromatic carbocycles. The van der Waals surface area contributed by atoms with Gasteiger partial charge in [0.25, 0.3) is 0 Å². The van der Waals surface area contributed by atoms with Crippen molar-refractivity contribution in [3.8, 4) is 0 Å². The minimum Gasteiger partial charge on any atom is -0.389 e. The molecule has 0 aliphatic heterocycles. The Bertz CT molecular complexity index is 614. The summed E-state index contributed by atoms with van der Waals surface area (Å²) in [7, 11) is 0. The number of hydrogen-bond acceptors (Lipinski definition) is 3. The third kappa shape index (κ3) is 5.08. The van der Waals surface area contributed by atoms with Crippen LogP contribution in [0.5, 0.6) is 0 Å². The van der Waals surface area contributed by atoms with Crippen LogP contribution >= 0.6 is 23.4 Å². The van der Waals surface area contributed by atoms with Crippen molar-refractivity contribution in [1.29, 1.82) is 0 Å². The maximum atomic E-state index is 11.9. The molecule has 5 heteroatoms. The third-order valence-corrected chi connectivity index (χ3v) is 4.08. The number of amides is 1. The number of carbonyl (C=O) groups is 1. The molecule has 0 saturated heterocycles. The van der Waals surface area contributed by atoms with Crippen LogP contribution in [0.1, 0.15) is 18.6 Å². The number of anilines is 1. The summed E-state index contributed by atoms with van der Waals surface area (Å²) < 4.78 is 0. The summed E-state index contributed by atoms with van der Waals surface area (Å²) in [6.07, 6.45) is -0.506. The minimum atomic E-state index is -0.506. The molecule has 0 saturated carbocycles. The van der Waals surface area contributed by atoms with Crippen LogP contribution in [0.3, 0.4) is 0 Å². The predicted octanol–water partition coefficient (Wildman–Crippen LogP) is 4.12. The molecule has 2 N–H and O–H groups in total. The maximum absolute atomic E-state index is 11.9. The molecule has 110 valence electrons. The number of thioether (sulfide) groups is 1. The van der Waals surface area contributed by atoms with Gasteiger partial charge in [-0.3, -0.25) is 4.79 Å². The largest absolute Gasteiger partial charge is 0.389 e. The standard InChI is InChI=1S/C16H16ClNO2S/c1-11(19)12-3-2-4-15(9-12)21-10-16(20)18-14-7-5-13(17)6-8-14/h2-9,11,19H,10H2,1H3,(H,18,20). The van der Waals surface area contributed by atoms with Gasteiger partial charge in [-0.2, -0.15) is 0 Å². The molecule has 0 aliphatic carbocycles. The zero-order valence-electron chi connectivity index (χ0n) is 11.5. The lowest BCUT2D eigenvalue weighted by Gasteiger charge is -2.08. The molecule has 3 nitrogen and oxygen atoms in total. The van der Waals surface area contributed by atoms with Gasteiger partial charge in [0.2, 0.25) is 5.91 Å². The topological polar surface area (TPSA) is 49.3 Å². The number of benzene rings is 2. The van der Waals surface area contributed by atoms with Crippen molar-refractivity contribution in [1.82, 2.24) is 0 Å². The van der Waals surface area contributed by atoms with Crippen LogP contribution in [-0.4, -0.2) is 16.8 Å². The highest BCUT2D eigenvalue weighted by molar-refractivity contribution is 8.00. The monoisotopic (exact) mass is 321 g/mol. The number of rotatable bonds is 5. The molecule has 1 unspecified atom stereocenters. The zero-order chi connectivity index (χ0) is 15.2. The number of aliphatic hydroxyl groups is 1. The number of aliphatic hydroxyl groups excluding tert-OH is 1. The van der Waals surface area contributed by atoms with Gasteiger partial charge in [0.1, 0.15) is 0 Å². The average Bonchev–Trinajstić information content (AvgIpc) is 2.48. The smallest absolute Gasteiger partial charge is 0.234 e. The molecule has 2 rings (SSSR count). The van der Waals surface area contributed by atoms with Gasteiger partial charge in [-0.25, -0.2) is 0 Å². The first-order chi connectivity index (χ1) is 10.0. The highest BCUT2D eigenvalue weighted by Crippen LogP contribution is 2.22. The Labute approximate surface area is 133 Å². The van der Waals surface area contributed by atoms with Crippen LogP contribution in [0.25, 0.3) is 0 Å². The number of halogens is 1. The quantitative estimate of drug-likeness (QED) is 0.814.